The van der Waals surface area contributed by atoms with Crippen molar-refractivity contribution in [1.82, 2.24) is 19.8 Å². The van der Waals surface area contributed by atoms with Crippen LogP contribution < -0.4 is 5.32 Å². The van der Waals surface area contributed by atoms with E-state index in [9.17, 15) is 8.42 Å². The lowest BCUT2D eigenvalue weighted by atomic mass is 10.3. The number of nitrogens with one attached hydrogen (secondary N) is 2. The van der Waals surface area contributed by atoms with Gasteiger partial charge in [-0.2, -0.15) is 5.10 Å². The smallest absolute Gasteiger partial charge is 0.246 e. The Labute approximate surface area is 114 Å². The summed E-state index contributed by atoms with van der Waals surface area (Å²) in [6.45, 7) is 4.92. The topological polar surface area (TPSA) is 78.1 Å². The van der Waals surface area contributed by atoms with Crippen molar-refractivity contribution < 1.29 is 8.42 Å². The number of H-pyrrole nitrogens is 1. The average molecular weight is 286 g/mol. The van der Waals surface area contributed by atoms with Crippen molar-refractivity contribution in [3.8, 4) is 0 Å². The minimum absolute atomic E-state index is 0.317. The summed E-state index contributed by atoms with van der Waals surface area (Å²) >= 11 is 0. The zero-order valence-corrected chi connectivity index (χ0v) is 12.7. The van der Waals surface area contributed by atoms with Gasteiger partial charge in [-0.3, -0.25) is 5.10 Å². The van der Waals surface area contributed by atoms with Crippen LogP contribution in [0.1, 0.15) is 24.7 Å². The van der Waals surface area contributed by atoms with E-state index in [1.165, 1.54) is 4.31 Å². The molecule has 1 aliphatic rings. The summed E-state index contributed by atoms with van der Waals surface area (Å²) in [4.78, 5) is 0.317. The lowest BCUT2D eigenvalue weighted by Gasteiger charge is -2.17. The maximum Gasteiger partial charge on any atom is 0.246 e. The lowest BCUT2D eigenvalue weighted by molar-refractivity contribution is 0.443. The van der Waals surface area contributed by atoms with Crippen molar-refractivity contribution in [2.75, 3.05) is 20.6 Å². The molecular formula is C12H22N4O2S. The molecule has 108 valence electrons. The number of aryl methyl sites for hydroxylation is 1. The predicted molar refractivity (Wildman–Crippen MR) is 73.2 cm³/mol. The van der Waals surface area contributed by atoms with E-state index in [0.29, 0.717) is 41.2 Å². The fourth-order valence-electron chi connectivity index (χ4n) is 2.34. The highest BCUT2D eigenvalue weighted by Gasteiger charge is 2.37. The Hall–Kier alpha value is -0.920. The van der Waals surface area contributed by atoms with Crippen molar-refractivity contribution in [3.05, 3.63) is 11.4 Å². The molecule has 0 spiro atoms. The summed E-state index contributed by atoms with van der Waals surface area (Å²) in [7, 11) is -0.0355. The first-order valence-corrected chi connectivity index (χ1v) is 7.96. The molecular weight excluding hydrogens is 264 g/mol. The number of rotatable bonds is 6. The SMILES string of the molecule is CNCc1n[nH]c(C)c1S(=O)(=O)N(C)CC1CC1C. The standard InChI is InChI=1S/C12H22N4O2S/c1-8-5-10(8)7-16(4)19(17,18)12-9(2)14-15-11(12)6-13-3/h8,10,13H,5-7H2,1-4H3,(H,14,15). The Morgan fingerprint density at radius 1 is 1.53 bits per heavy atom. The van der Waals surface area contributed by atoms with Crippen LogP contribution >= 0.6 is 0 Å². The highest BCUT2D eigenvalue weighted by molar-refractivity contribution is 7.89. The van der Waals surface area contributed by atoms with Gasteiger partial charge >= 0.3 is 0 Å². The number of hydrogen-bond acceptors (Lipinski definition) is 4. The van der Waals surface area contributed by atoms with Crippen molar-refractivity contribution in [3.63, 3.8) is 0 Å². The molecule has 19 heavy (non-hydrogen) atoms. The molecule has 1 aromatic heterocycles. The summed E-state index contributed by atoms with van der Waals surface area (Å²) in [6, 6.07) is 0. The molecule has 2 rings (SSSR count). The van der Waals surface area contributed by atoms with Crippen LogP contribution in [0, 0.1) is 18.8 Å². The molecule has 6 nitrogen and oxygen atoms in total. The zero-order valence-electron chi connectivity index (χ0n) is 11.9. The largest absolute Gasteiger partial charge is 0.314 e. The molecule has 1 saturated carbocycles. The first kappa shape index (κ1) is 14.5. The fraction of sp³-hybridized carbons (Fsp3) is 0.750. The van der Waals surface area contributed by atoms with Gasteiger partial charge in [0.25, 0.3) is 0 Å². The van der Waals surface area contributed by atoms with E-state index >= 15 is 0 Å². The number of aromatic nitrogens is 2. The van der Waals surface area contributed by atoms with E-state index in [2.05, 4.69) is 22.4 Å². The summed E-state index contributed by atoms with van der Waals surface area (Å²) in [5.74, 6) is 1.14. The molecule has 0 bridgehead atoms. The van der Waals surface area contributed by atoms with Gasteiger partial charge in [0, 0.05) is 20.1 Å². The highest BCUT2D eigenvalue weighted by atomic mass is 32.2. The Morgan fingerprint density at radius 2 is 2.16 bits per heavy atom. The van der Waals surface area contributed by atoms with E-state index in [1.54, 1.807) is 21.0 Å². The van der Waals surface area contributed by atoms with Gasteiger partial charge in [-0.25, -0.2) is 12.7 Å². The van der Waals surface area contributed by atoms with Crippen molar-refractivity contribution >= 4 is 10.0 Å². The summed E-state index contributed by atoms with van der Waals surface area (Å²) in [5, 5.41) is 9.78. The van der Waals surface area contributed by atoms with Crippen LogP contribution in [-0.2, 0) is 16.6 Å². The molecule has 0 aliphatic heterocycles. The number of nitrogens with zero attached hydrogens (tertiary/aromatic N) is 2. The minimum Gasteiger partial charge on any atom is -0.314 e. The van der Waals surface area contributed by atoms with E-state index < -0.39 is 10.0 Å². The van der Waals surface area contributed by atoms with E-state index in [-0.39, 0.29) is 0 Å². The second-order valence-electron chi connectivity index (χ2n) is 5.41. The third-order valence-corrected chi connectivity index (χ3v) is 5.77. The zero-order chi connectivity index (χ0) is 14.2. The van der Waals surface area contributed by atoms with E-state index in [0.717, 1.165) is 6.42 Å². The predicted octanol–water partition coefficient (Wildman–Crippen LogP) is 0.714. The summed E-state index contributed by atoms with van der Waals surface area (Å²) in [6.07, 6.45) is 1.12. The summed E-state index contributed by atoms with van der Waals surface area (Å²) in [5.41, 5.74) is 1.15. The Morgan fingerprint density at radius 3 is 2.68 bits per heavy atom. The molecule has 7 heteroatoms. The van der Waals surface area contributed by atoms with Crippen molar-refractivity contribution in [2.45, 2.75) is 31.7 Å². The van der Waals surface area contributed by atoms with Crippen LogP contribution in [-0.4, -0.2) is 43.6 Å². The normalized spacial score (nSPS) is 23.0. The maximum absolute atomic E-state index is 12.6. The van der Waals surface area contributed by atoms with Gasteiger partial charge in [-0.05, 0) is 32.2 Å². The van der Waals surface area contributed by atoms with Gasteiger partial charge in [0.15, 0.2) is 0 Å². The van der Waals surface area contributed by atoms with E-state index in [4.69, 9.17) is 0 Å². The molecule has 0 amide bonds. The number of aromatic amines is 1. The number of sulfonamides is 1. The molecule has 0 aromatic carbocycles. The first-order chi connectivity index (χ1) is 8.87. The maximum atomic E-state index is 12.6. The Kier molecular flexibility index (Phi) is 3.98. The van der Waals surface area contributed by atoms with Gasteiger partial charge in [-0.1, -0.05) is 6.92 Å². The van der Waals surface area contributed by atoms with Crippen molar-refractivity contribution in [2.24, 2.45) is 11.8 Å². The van der Waals surface area contributed by atoms with Crippen LogP contribution in [0.2, 0.25) is 0 Å². The van der Waals surface area contributed by atoms with Gasteiger partial charge in [-0.15, -0.1) is 0 Å². The average Bonchev–Trinajstić information content (AvgIpc) is 2.87. The monoisotopic (exact) mass is 286 g/mol. The Bertz CT molecular complexity index is 552. The van der Waals surface area contributed by atoms with Crippen LogP contribution in [0.5, 0.6) is 0 Å². The molecule has 0 radical (unpaired) electrons. The van der Waals surface area contributed by atoms with Crippen LogP contribution in [0.25, 0.3) is 0 Å². The molecule has 1 aromatic rings. The van der Waals surface area contributed by atoms with E-state index in [1.807, 2.05) is 0 Å². The van der Waals surface area contributed by atoms with Gasteiger partial charge < -0.3 is 5.32 Å². The minimum atomic E-state index is -3.46. The fourth-order valence-corrected chi connectivity index (χ4v) is 3.88. The number of hydrogen-bond donors (Lipinski definition) is 2. The summed E-state index contributed by atoms with van der Waals surface area (Å²) < 4.78 is 26.7. The van der Waals surface area contributed by atoms with Crippen LogP contribution in [0.4, 0.5) is 0 Å². The third-order valence-electron chi connectivity index (χ3n) is 3.74. The molecule has 1 heterocycles. The van der Waals surface area contributed by atoms with Gasteiger partial charge in [0.05, 0.1) is 11.4 Å². The Balaban J connectivity index is 2.25. The second kappa shape index (κ2) is 5.22. The third kappa shape index (κ3) is 2.82. The van der Waals surface area contributed by atoms with Crippen molar-refractivity contribution in [1.29, 1.82) is 0 Å². The molecule has 2 atom stereocenters. The lowest BCUT2D eigenvalue weighted by Crippen LogP contribution is -2.30. The van der Waals surface area contributed by atoms with Gasteiger partial charge in [0.2, 0.25) is 10.0 Å². The quantitative estimate of drug-likeness (QED) is 0.807. The molecule has 1 fully saturated rings. The van der Waals surface area contributed by atoms with Crippen LogP contribution in [0.3, 0.4) is 0 Å². The molecule has 2 unspecified atom stereocenters. The second-order valence-corrected chi connectivity index (χ2v) is 7.40. The van der Waals surface area contributed by atoms with Gasteiger partial charge in [0.1, 0.15) is 4.90 Å². The van der Waals surface area contributed by atoms with Crippen LogP contribution in [0.15, 0.2) is 4.90 Å². The molecule has 1 aliphatic carbocycles. The first-order valence-electron chi connectivity index (χ1n) is 6.52. The molecule has 0 saturated heterocycles. The molecule has 2 N–H and O–H groups in total. The highest BCUT2D eigenvalue weighted by Crippen LogP contribution is 2.39.